The fraction of sp³-hybridized carbons (Fsp3) is 0. The summed E-state index contributed by atoms with van der Waals surface area (Å²) in [6, 6.07) is 0. The van der Waals surface area contributed by atoms with Gasteiger partial charge in [-0.25, -0.2) is 0 Å². The third-order valence-corrected chi connectivity index (χ3v) is 0. The summed E-state index contributed by atoms with van der Waals surface area (Å²) in [5.41, 5.74) is 0. The summed E-state index contributed by atoms with van der Waals surface area (Å²) in [5.74, 6) is 0. The quantitative estimate of drug-likeness (QED) is 0.604. The van der Waals surface area contributed by atoms with Crippen LogP contribution in [-0.4, -0.2) is 0 Å². The molecule has 0 unspecified atom stereocenters. The van der Waals surface area contributed by atoms with Gasteiger partial charge < -0.3 is 0 Å². The van der Waals surface area contributed by atoms with Crippen LogP contribution >= 0.6 is 34.1 Å². The van der Waals surface area contributed by atoms with Gasteiger partial charge in [0, 0.05) is 0 Å². The van der Waals surface area contributed by atoms with E-state index in [1.165, 1.54) is 0 Å². The molecular formula is HCl4Zr+. The van der Waals surface area contributed by atoms with Gasteiger partial charge in [-0.3, -0.25) is 0 Å². The van der Waals surface area contributed by atoms with Crippen molar-refractivity contribution >= 4 is 34.1 Å². The van der Waals surface area contributed by atoms with Crippen molar-refractivity contribution in [2.24, 2.45) is 0 Å². The maximum atomic E-state index is 5.04. The Hall–Kier alpha value is 2.04. The van der Waals surface area contributed by atoms with Crippen molar-refractivity contribution in [2.75, 3.05) is 0 Å². The van der Waals surface area contributed by atoms with Crippen LogP contribution in [0, 0.1) is 0 Å². The molecule has 0 heterocycles. The minimum Gasteiger partial charge on any atom is 1.00 e. The first-order valence-electron chi connectivity index (χ1n) is 0.756. The molecule has 5 heteroatoms. The molecule has 0 radical (unpaired) electrons. The zero-order valence-electron chi connectivity index (χ0n) is 3.01. The molecule has 0 nitrogen and oxygen atoms in total. The van der Waals surface area contributed by atoms with Crippen molar-refractivity contribution in [1.29, 1.82) is 0 Å². The van der Waals surface area contributed by atoms with Crippen LogP contribution in [0.5, 0.6) is 0 Å². The molecule has 0 aliphatic rings. The molecule has 5 heavy (non-hydrogen) atoms. The van der Waals surface area contributed by atoms with Gasteiger partial charge in [0.15, 0.2) is 0 Å². The molecular weight excluding hydrogens is 233 g/mol. The van der Waals surface area contributed by atoms with Crippen molar-refractivity contribution in [3.8, 4) is 0 Å². The van der Waals surface area contributed by atoms with E-state index < -0.39 is 15.5 Å². The Labute approximate surface area is 50.4 Å². The second kappa shape index (κ2) is 2.38. The van der Waals surface area contributed by atoms with Crippen LogP contribution < -0.4 is 0 Å². The summed E-state index contributed by atoms with van der Waals surface area (Å²) in [7, 11) is 20.1. The second-order valence-corrected chi connectivity index (χ2v) is 22.8. The maximum absolute atomic E-state index is 5.04. The summed E-state index contributed by atoms with van der Waals surface area (Å²) >= 11 is -3.29. The van der Waals surface area contributed by atoms with Crippen molar-refractivity contribution < 1.29 is 16.9 Å². The van der Waals surface area contributed by atoms with Gasteiger partial charge in [0.2, 0.25) is 0 Å². The summed E-state index contributed by atoms with van der Waals surface area (Å²) in [5, 5.41) is 0. The Kier molecular flexibility index (Phi) is 3.35. The molecule has 32 valence electrons. The van der Waals surface area contributed by atoms with Crippen LogP contribution in [0.25, 0.3) is 0 Å². The zero-order chi connectivity index (χ0) is 4.50. The van der Waals surface area contributed by atoms with Gasteiger partial charge in [-0.05, 0) is 0 Å². The molecule has 0 spiro atoms. The Morgan fingerprint density at radius 2 is 1.00 bits per heavy atom. The normalized spacial score (nSPS) is 12.0. The predicted octanol–water partition coefficient (Wildman–Crippen LogP) is 2.87. The number of rotatable bonds is 0. The first kappa shape index (κ1) is 7.04. The fourth-order valence-electron chi connectivity index (χ4n) is 0. The molecule has 0 aliphatic carbocycles. The van der Waals surface area contributed by atoms with Crippen LogP contribution in [0.3, 0.4) is 0 Å². The first-order valence-corrected chi connectivity index (χ1v) is 13.4. The van der Waals surface area contributed by atoms with Crippen LogP contribution in [0.1, 0.15) is 1.43 Å². The summed E-state index contributed by atoms with van der Waals surface area (Å²) in [4.78, 5) is 0. The zero-order valence-corrected chi connectivity index (χ0v) is 7.49. The minimum absolute atomic E-state index is 0. The van der Waals surface area contributed by atoms with Gasteiger partial charge in [0.1, 0.15) is 0 Å². The van der Waals surface area contributed by atoms with E-state index in [1.54, 1.807) is 0 Å². The number of halogens is 4. The smallest absolute Gasteiger partial charge is 1.00 e. The van der Waals surface area contributed by atoms with E-state index in [-0.39, 0.29) is 1.43 Å². The van der Waals surface area contributed by atoms with Gasteiger partial charge >= 0.3 is 51.0 Å². The second-order valence-electron chi connectivity index (χ2n) is 0.429. The molecule has 0 aromatic carbocycles. The summed E-state index contributed by atoms with van der Waals surface area (Å²) in [6.07, 6.45) is 0. The standard InChI is InChI=1S/4ClH.Zr/h4*1H;/q;;;;+4/p-3. The average molecular weight is 234 g/mol. The summed E-state index contributed by atoms with van der Waals surface area (Å²) in [6.45, 7) is 0. The number of hydrogen-bond acceptors (Lipinski definition) is 0. The fourth-order valence-corrected chi connectivity index (χ4v) is 0. The van der Waals surface area contributed by atoms with Gasteiger partial charge in [0.25, 0.3) is 0 Å². The van der Waals surface area contributed by atoms with Crippen molar-refractivity contribution in [3.63, 3.8) is 0 Å². The monoisotopic (exact) mass is 231 g/mol. The predicted molar refractivity (Wildman–Crippen MR) is 24.5 cm³/mol. The SMILES string of the molecule is [Cl][Zr]([Cl])([Cl])[Cl].[H+]. The van der Waals surface area contributed by atoms with Crippen molar-refractivity contribution in [2.45, 2.75) is 0 Å². The molecule has 0 aromatic rings. The molecule has 0 saturated heterocycles. The van der Waals surface area contributed by atoms with Gasteiger partial charge in [-0.15, -0.1) is 0 Å². The molecule has 0 aromatic heterocycles. The van der Waals surface area contributed by atoms with Crippen LogP contribution in [0.4, 0.5) is 0 Å². The Morgan fingerprint density at radius 3 is 1.00 bits per heavy atom. The largest absolute Gasteiger partial charge is 1.00 e. The van der Waals surface area contributed by atoms with E-state index in [0.29, 0.717) is 0 Å². The molecule has 0 fully saturated rings. The average Bonchev–Trinajstić information content (AvgIpc) is 0.722. The van der Waals surface area contributed by atoms with Crippen LogP contribution in [0.15, 0.2) is 0 Å². The van der Waals surface area contributed by atoms with Crippen molar-refractivity contribution in [3.05, 3.63) is 0 Å². The minimum atomic E-state index is -3.29. The molecule has 0 N–H and O–H groups in total. The molecule has 0 rings (SSSR count). The van der Waals surface area contributed by atoms with Gasteiger partial charge in [-0.1, -0.05) is 0 Å². The first-order chi connectivity index (χ1) is 2.00. The van der Waals surface area contributed by atoms with Gasteiger partial charge in [0.05, 0.1) is 0 Å². The van der Waals surface area contributed by atoms with E-state index in [9.17, 15) is 0 Å². The van der Waals surface area contributed by atoms with E-state index >= 15 is 0 Å². The molecule has 0 saturated carbocycles. The molecule has 0 amide bonds. The van der Waals surface area contributed by atoms with E-state index in [0.717, 1.165) is 0 Å². The molecule has 0 aliphatic heterocycles. The Morgan fingerprint density at radius 1 is 1.00 bits per heavy atom. The Balaban J connectivity index is 0. The van der Waals surface area contributed by atoms with Crippen molar-refractivity contribution in [1.82, 2.24) is 0 Å². The van der Waals surface area contributed by atoms with E-state index in [2.05, 4.69) is 0 Å². The topological polar surface area (TPSA) is 0 Å². The molecule has 0 bridgehead atoms. The Bertz CT molecular complexity index is 23.0. The third kappa shape index (κ3) is 23.7. The third-order valence-electron chi connectivity index (χ3n) is 0. The van der Waals surface area contributed by atoms with Crippen LogP contribution in [0.2, 0.25) is 0 Å². The van der Waals surface area contributed by atoms with Crippen LogP contribution in [-0.2, 0) is 15.5 Å². The number of hydrogen-bond donors (Lipinski definition) is 0. The van der Waals surface area contributed by atoms with E-state index in [1.807, 2.05) is 0 Å². The maximum Gasteiger partial charge on any atom is 1.00 e. The summed E-state index contributed by atoms with van der Waals surface area (Å²) < 4.78 is 0. The molecule has 0 atom stereocenters. The van der Waals surface area contributed by atoms with Gasteiger partial charge in [-0.2, -0.15) is 0 Å². The van der Waals surface area contributed by atoms with E-state index in [4.69, 9.17) is 34.1 Å².